The molecule has 2 N–H and O–H groups in total. The molecule has 0 atom stereocenters. The van der Waals surface area contributed by atoms with Crippen LogP contribution in [-0.2, 0) is 12.8 Å². The van der Waals surface area contributed by atoms with Gasteiger partial charge in [0.2, 0.25) is 0 Å². The molecule has 0 saturated carbocycles. The fourth-order valence-corrected chi connectivity index (χ4v) is 2.08. The molecular weight excluding hydrogens is 232 g/mol. The molecule has 0 aliphatic carbocycles. The molecule has 0 fully saturated rings. The number of rotatable bonds is 6. The average Bonchev–Trinajstić information content (AvgIpc) is 2.45. The van der Waals surface area contributed by atoms with Crippen LogP contribution in [0.25, 0.3) is 0 Å². The largest absolute Gasteiger partial charge is 0.399 e. The van der Waals surface area contributed by atoms with Gasteiger partial charge in [-0.15, -0.1) is 0 Å². The molecule has 0 unspecified atom stereocenters. The molecule has 0 aliphatic rings. The Kier molecular flexibility index (Phi) is 4.99. The minimum Gasteiger partial charge on any atom is -0.399 e. The summed E-state index contributed by atoms with van der Waals surface area (Å²) in [6.07, 6.45) is 2.19. The van der Waals surface area contributed by atoms with Crippen LogP contribution in [-0.4, -0.2) is 25.0 Å². The van der Waals surface area contributed by atoms with Gasteiger partial charge in [-0.1, -0.05) is 42.5 Å². The highest BCUT2D eigenvalue weighted by Crippen LogP contribution is 2.07. The Labute approximate surface area is 115 Å². The maximum Gasteiger partial charge on any atom is 0.0314 e. The lowest BCUT2D eigenvalue weighted by Gasteiger charge is -2.16. The summed E-state index contributed by atoms with van der Waals surface area (Å²) in [5.41, 5.74) is 9.27. The Hall–Kier alpha value is -1.80. The summed E-state index contributed by atoms with van der Waals surface area (Å²) in [4.78, 5) is 2.38. The Balaban J connectivity index is 1.72. The molecule has 2 rings (SSSR count). The second-order valence-electron chi connectivity index (χ2n) is 5.03. The third kappa shape index (κ3) is 4.76. The van der Waals surface area contributed by atoms with Gasteiger partial charge < -0.3 is 10.6 Å². The highest BCUT2D eigenvalue weighted by atomic mass is 15.1. The van der Waals surface area contributed by atoms with E-state index in [2.05, 4.69) is 54.4 Å². The van der Waals surface area contributed by atoms with Gasteiger partial charge in [-0.3, -0.25) is 0 Å². The molecule has 0 radical (unpaired) electrons. The summed E-state index contributed by atoms with van der Waals surface area (Å²) in [7, 11) is 2.18. The standard InChI is InChI=1S/C17H22N2/c1-19(13-11-15-5-3-2-4-6-15)14-12-16-7-9-17(18)10-8-16/h2-10H,11-14,18H2,1H3. The lowest BCUT2D eigenvalue weighted by Crippen LogP contribution is -2.23. The van der Waals surface area contributed by atoms with Crippen molar-refractivity contribution in [3.8, 4) is 0 Å². The third-order valence-corrected chi connectivity index (χ3v) is 3.39. The van der Waals surface area contributed by atoms with Gasteiger partial charge in [0.1, 0.15) is 0 Å². The zero-order chi connectivity index (χ0) is 13.5. The van der Waals surface area contributed by atoms with Gasteiger partial charge in [-0.05, 0) is 43.1 Å². The number of nitrogens with zero attached hydrogens (tertiary/aromatic N) is 1. The molecule has 0 spiro atoms. The van der Waals surface area contributed by atoms with Gasteiger partial charge in [0.25, 0.3) is 0 Å². The molecule has 0 aromatic heterocycles. The van der Waals surface area contributed by atoms with Crippen molar-refractivity contribution in [2.45, 2.75) is 12.8 Å². The van der Waals surface area contributed by atoms with Crippen molar-refractivity contribution in [1.82, 2.24) is 4.90 Å². The molecule has 0 aliphatic heterocycles. The van der Waals surface area contributed by atoms with E-state index >= 15 is 0 Å². The highest BCUT2D eigenvalue weighted by Gasteiger charge is 2.00. The first-order chi connectivity index (χ1) is 9.24. The quantitative estimate of drug-likeness (QED) is 0.803. The van der Waals surface area contributed by atoms with Crippen LogP contribution >= 0.6 is 0 Å². The third-order valence-electron chi connectivity index (χ3n) is 3.39. The summed E-state index contributed by atoms with van der Waals surface area (Å²) < 4.78 is 0. The topological polar surface area (TPSA) is 29.3 Å². The zero-order valence-electron chi connectivity index (χ0n) is 11.5. The first-order valence-electron chi connectivity index (χ1n) is 6.81. The smallest absolute Gasteiger partial charge is 0.0314 e. The summed E-state index contributed by atoms with van der Waals surface area (Å²) in [5.74, 6) is 0. The van der Waals surface area contributed by atoms with Gasteiger partial charge in [0, 0.05) is 18.8 Å². The molecule has 0 heterocycles. The summed E-state index contributed by atoms with van der Waals surface area (Å²) in [6.45, 7) is 2.18. The van der Waals surface area contributed by atoms with Gasteiger partial charge in [0.15, 0.2) is 0 Å². The second kappa shape index (κ2) is 6.95. The molecule has 19 heavy (non-hydrogen) atoms. The van der Waals surface area contributed by atoms with Crippen molar-refractivity contribution in [1.29, 1.82) is 0 Å². The normalized spacial score (nSPS) is 10.8. The average molecular weight is 254 g/mol. The number of nitrogen functional groups attached to an aromatic ring is 1. The van der Waals surface area contributed by atoms with Crippen molar-refractivity contribution in [3.63, 3.8) is 0 Å². The molecule has 0 saturated heterocycles. The Morgan fingerprint density at radius 3 is 1.89 bits per heavy atom. The molecule has 2 nitrogen and oxygen atoms in total. The first kappa shape index (κ1) is 13.6. The van der Waals surface area contributed by atoms with E-state index in [-0.39, 0.29) is 0 Å². The SMILES string of the molecule is CN(CCc1ccccc1)CCc1ccc(N)cc1. The molecule has 2 heteroatoms. The van der Waals surface area contributed by atoms with E-state index in [0.717, 1.165) is 31.6 Å². The maximum atomic E-state index is 5.68. The van der Waals surface area contributed by atoms with Gasteiger partial charge in [0.05, 0.1) is 0 Å². The van der Waals surface area contributed by atoms with E-state index < -0.39 is 0 Å². The Bertz CT molecular complexity index is 476. The van der Waals surface area contributed by atoms with Crippen LogP contribution in [0.5, 0.6) is 0 Å². The molecule has 100 valence electrons. The van der Waals surface area contributed by atoms with Gasteiger partial charge in [-0.2, -0.15) is 0 Å². The Morgan fingerprint density at radius 2 is 1.32 bits per heavy atom. The van der Waals surface area contributed by atoms with Crippen LogP contribution in [0.4, 0.5) is 5.69 Å². The van der Waals surface area contributed by atoms with Crippen molar-refractivity contribution < 1.29 is 0 Å². The van der Waals surface area contributed by atoms with Crippen molar-refractivity contribution in [2.24, 2.45) is 0 Å². The van der Waals surface area contributed by atoms with E-state index in [4.69, 9.17) is 5.73 Å². The first-order valence-corrected chi connectivity index (χ1v) is 6.81. The predicted molar refractivity (Wildman–Crippen MR) is 82.2 cm³/mol. The Morgan fingerprint density at radius 1 is 0.789 bits per heavy atom. The number of nitrogens with two attached hydrogens (primary N) is 1. The molecule has 0 amide bonds. The summed E-state index contributed by atoms with van der Waals surface area (Å²) in [6, 6.07) is 18.8. The zero-order valence-corrected chi connectivity index (χ0v) is 11.5. The van der Waals surface area contributed by atoms with Crippen LogP contribution < -0.4 is 5.73 Å². The predicted octanol–water partition coefficient (Wildman–Crippen LogP) is 2.99. The second-order valence-corrected chi connectivity index (χ2v) is 5.03. The van der Waals surface area contributed by atoms with Crippen LogP contribution in [0.2, 0.25) is 0 Å². The van der Waals surface area contributed by atoms with Crippen LogP contribution in [0.15, 0.2) is 54.6 Å². The fourth-order valence-electron chi connectivity index (χ4n) is 2.08. The van der Waals surface area contributed by atoms with Crippen LogP contribution in [0.3, 0.4) is 0 Å². The van der Waals surface area contributed by atoms with Gasteiger partial charge in [-0.25, -0.2) is 0 Å². The monoisotopic (exact) mass is 254 g/mol. The summed E-state index contributed by atoms with van der Waals surface area (Å²) in [5, 5.41) is 0. The number of benzene rings is 2. The fraction of sp³-hybridized carbons (Fsp3) is 0.294. The van der Waals surface area contributed by atoms with Crippen molar-refractivity contribution in [3.05, 3.63) is 65.7 Å². The number of hydrogen-bond acceptors (Lipinski definition) is 2. The van der Waals surface area contributed by atoms with Crippen molar-refractivity contribution >= 4 is 5.69 Å². The maximum absolute atomic E-state index is 5.68. The summed E-state index contributed by atoms with van der Waals surface area (Å²) >= 11 is 0. The van der Waals surface area contributed by atoms with E-state index in [1.165, 1.54) is 11.1 Å². The number of anilines is 1. The van der Waals surface area contributed by atoms with E-state index in [0.29, 0.717) is 0 Å². The van der Waals surface area contributed by atoms with Crippen LogP contribution in [0.1, 0.15) is 11.1 Å². The number of hydrogen-bond donors (Lipinski definition) is 1. The van der Waals surface area contributed by atoms with Crippen LogP contribution in [0, 0.1) is 0 Å². The molecule has 0 bridgehead atoms. The van der Waals surface area contributed by atoms with E-state index in [1.54, 1.807) is 0 Å². The lowest BCUT2D eigenvalue weighted by atomic mass is 10.1. The lowest BCUT2D eigenvalue weighted by molar-refractivity contribution is 0.343. The highest BCUT2D eigenvalue weighted by molar-refractivity contribution is 5.39. The van der Waals surface area contributed by atoms with Crippen molar-refractivity contribution in [2.75, 3.05) is 25.9 Å². The van der Waals surface area contributed by atoms with Gasteiger partial charge >= 0.3 is 0 Å². The minimum atomic E-state index is 0.834. The minimum absolute atomic E-state index is 0.834. The molecular formula is C17H22N2. The van der Waals surface area contributed by atoms with E-state index in [9.17, 15) is 0 Å². The van der Waals surface area contributed by atoms with E-state index in [1.807, 2.05) is 12.1 Å². The molecule has 2 aromatic carbocycles. The number of likely N-dealkylation sites (N-methyl/N-ethyl adjacent to an activating group) is 1. The molecule has 2 aromatic rings.